The minimum Gasteiger partial charge on any atom is -0.396 e. The molecule has 1 aromatic heterocycles. The first-order chi connectivity index (χ1) is 9.75. The van der Waals surface area contributed by atoms with Gasteiger partial charge in [0.1, 0.15) is 12.4 Å². The van der Waals surface area contributed by atoms with Crippen LogP contribution in [0.15, 0.2) is 12.4 Å². The Morgan fingerprint density at radius 3 is 2.15 bits per heavy atom. The van der Waals surface area contributed by atoms with Crippen LogP contribution in [-0.4, -0.2) is 26.2 Å². The van der Waals surface area contributed by atoms with Gasteiger partial charge in [-0.25, -0.2) is 4.57 Å². The number of imidazole rings is 1. The second-order valence-electron chi connectivity index (χ2n) is 5.08. The van der Waals surface area contributed by atoms with E-state index in [0.29, 0.717) is 13.2 Å². The van der Waals surface area contributed by atoms with Crippen LogP contribution < -0.4 is 0 Å². The Morgan fingerprint density at radius 2 is 1.60 bits per heavy atom. The maximum absolute atomic E-state index is 10.7. The first kappa shape index (κ1) is 16.6. The van der Waals surface area contributed by atoms with Gasteiger partial charge in [-0.15, -0.1) is 0 Å². The molecule has 114 valence electrons. The van der Waals surface area contributed by atoms with E-state index in [1.807, 2.05) is 0 Å². The van der Waals surface area contributed by atoms with Crippen molar-refractivity contribution in [1.82, 2.24) is 9.55 Å². The summed E-state index contributed by atoms with van der Waals surface area (Å²) in [4.78, 5) is 14.0. The standard InChI is InChI=1S/C14H25N3O3/c18-13-9-7-5-3-1-2-4-6-8-11-16-12-10-15-14(16)17(19)20/h10,12,18H,1-9,11,13H2. The lowest BCUT2D eigenvalue weighted by atomic mass is 10.1. The average Bonchev–Trinajstić information content (AvgIpc) is 2.89. The van der Waals surface area contributed by atoms with Gasteiger partial charge in [-0.3, -0.25) is 0 Å². The van der Waals surface area contributed by atoms with Crippen LogP contribution in [0.2, 0.25) is 0 Å². The topological polar surface area (TPSA) is 81.2 Å². The van der Waals surface area contributed by atoms with Crippen molar-refractivity contribution >= 4 is 5.95 Å². The van der Waals surface area contributed by atoms with Gasteiger partial charge < -0.3 is 15.2 Å². The largest absolute Gasteiger partial charge is 0.434 e. The molecule has 0 aromatic carbocycles. The molecule has 1 heterocycles. The van der Waals surface area contributed by atoms with E-state index in [2.05, 4.69) is 4.98 Å². The molecule has 0 fully saturated rings. The summed E-state index contributed by atoms with van der Waals surface area (Å²) < 4.78 is 1.61. The predicted octanol–water partition coefficient (Wildman–Crippen LogP) is 3.29. The molecule has 0 spiro atoms. The minimum atomic E-state index is -0.438. The minimum absolute atomic E-state index is 0.0612. The number of hydrogen-bond donors (Lipinski definition) is 1. The maximum Gasteiger partial charge on any atom is 0.434 e. The van der Waals surface area contributed by atoms with Crippen molar-refractivity contribution in [3.05, 3.63) is 22.5 Å². The molecule has 0 saturated heterocycles. The van der Waals surface area contributed by atoms with E-state index in [9.17, 15) is 10.1 Å². The number of rotatable bonds is 12. The van der Waals surface area contributed by atoms with Gasteiger partial charge in [-0.05, 0) is 17.8 Å². The number of aromatic nitrogens is 2. The summed E-state index contributed by atoms with van der Waals surface area (Å²) in [6.07, 6.45) is 13.4. The van der Waals surface area contributed by atoms with Gasteiger partial charge in [0.15, 0.2) is 0 Å². The van der Waals surface area contributed by atoms with E-state index in [0.717, 1.165) is 25.7 Å². The molecular weight excluding hydrogens is 258 g/mol. The number of aliphatic hydroxyl groups excluding tert-OH is 1. The third kappa shape index (κ3) is 6.65. The summed E-state index contributed by atoms with van der Waals surface area (Å²) in [7, 11) is 0. The molecule has 0 bridgehead atoms. The van der Waals surface area contributed by atoms with E-state index in [1.165, 1.54) is 38.3 Å². The van der Waals surface area contributed by atoms with Crippen molar-refractivity contribution in [3.8, 4) is 0 Å². The lowest BCUT2D eigenvalue weighted by Gasteiger charge is -2.03. The van der Waals surface area contributed by atoms with Crippen molar-refractivity contribution < 1.29 is 10.0 Å². The third-order valence-corrected chi connectivity index (χ3v) is 3.41. The van der Waals surface area contributed by atoms with Crippen LogP contribution in [0.5, 0.6) is 0 Å². The number of nitro groups is 1. The van der Waals surface area contributed by atoms with Crippen molar-refractivity contribution in [2.45, 2.75) is 64.3 Å². The summed E-state index contributed by atoms with van der Waals surface area (Å²) in [6.45, 7) is 0.979. The van der Waals surface area contributed by atoms with Crippen LogP contribution in [-0.2, 0) is 6.54 Å². The van der Waals surface area contributed by atoms with Gasteiger partial charge in [0.05, 0.1) is 6.54 Å². The third-order valence-electron chi connectivity index (χ3n) is 3.41. The van der Waals surface area contributed by atoms with Crippen LogP contribution >= 0.6 is 0 Å². The predicted molar refractivity (Wildman–Crippen MR) is 77.5 cm³/mol. The lowest BCUT2D eigenvalue weighted by Crippen LogP contribution is -2.02. The Bertz CT molecular complexity index is 379. The number of unbranched alkanes of at least 4 members (excludes halogenated alkanes) is 8. The zero-order chi connectivity index (χ0) is 14.6. The van der Waals surface area contributed by atoms with Crippen molar-refractivity contribution in [3.63, 3.8) is 0 Å². The highest BCUT2D eigenvalue weighted by atomic mass is 16.6. The van der Waals surface area contributed by atoms with Crippen molar-refractivity contribution in [1.29, 1.82) is 0 Å². The molecule has 0 aliphatic rings. The van der Waals surface area contributed by atoms with Crippen molar-refractivity contribution in [2.24, 2.45) is 0 Å². The molecule has 0 aliphatic carbocycles. The molecule has 6 heteroatoms. The normalized spacial score (nSPS) is 10.8. The van der Waals surface area contributed by atoms with Crippen LogP contribution in [0.4, 0.5) is 5.95 Å². The molecule has 0 amide bonds. The summed E-state index contributed by atoms with van der Waals surface area (Å²) >= 11 is 0. The Balaban J connectivity index is 1.97. The van der Waals surface area contributed by atoms with E-state index < -0.39 is 4.92 Å². The second-order valence-corrected chi connectivity index (χ2v) is 5.08. The van der Waals surface area contributed by atoms with Gasteiger partial charge in [-0.2, -0.15) is 0 Å². The fourth-order valence-corrected chi connectivity index (χ4v) is 2.28. The first-order valence-electron chi connectivity index (χ1n) is 7.52. The number of hydrogen-bond acceptors (Lipinski definition) is 4. The smallest absolute Gasteiger partial charge is 0.396 e. The molecule has 20 heavy (non-hydrogen) atoms. The second kappa shape index (κ2) is 10.4. The highest BCUT2D eigenvalue weighted by molar-refractivity contribution is 5.06. The van der Waals surface area contributed by atoms with Crippen LogP contribution in [0, 0.1) is 10.1 Å². The zero-order valence-corrected chi connectivity index (χ0v) is 12.0. The molecular formula is C14H25N3O3. The molecule has 0 radical (unpaired) electrons. The van der Waals surface area contributed by atoms with Crippen molar-refractivity contribution in [2.75, 3.05) is 6.61 Å². The van der Waals surface area contributed by atoms with E-state index >= 15 is 0 Å². The monoisotopic (exact) mass is 283 g/mol. The molecule has 1 N–H and O–H groups in total. The zero-order valence-electron chi connectivity index (χ0n) is 12.0. The highest BCUT2D eigenvalue weighted by Crippen LogP contribution is 2.12. The Kier molecular flexibility index (Phi) is 8.62. The molecule has 0 atom stereocenters. The quantitative estimate of drug-likeness (QED) is 0.362. The molecule has 0 unspecified atom stereocenters. The van der Waals surface area contributed by atoms with Crippen LogP contribution in [0.25, 0.3) is 0 Å². The molecule has 6 nitrogen and oxygen atoms in total. The Morgan fingerprint density at radius 1 is 1.05 bits per heavy atom. The number of aliphatic hydroxyl groups is 1. The summed E-state index contributed by atoms with van der Waals surface area (Å²) in [5.41, 5.74) is 0. The average molecular weight is 283 g/mol. The summed E-state index contributed by atoms with van der Waals surface area (Å²) in [6, 6.07) is 0. The van der Waals surface area contributed by atoms with Crippen LogP contribution in [0.3, 0.4) is 0 Å². The maximum atomic E-state index is 10.7. The van der Waals surface area contributed by atoms with E-state index in [4.69, 9.17) is 5.11 Å². The van der Waals surface area contributed by atoms with E-state index in [1.54, 1.807) is 10.8 Å². The molecule has 0 aliphatic heterocycles. The fraction of sp³-hybridized carbons (Fsp3) is 0.786. The molecule has 1 rings (SSSR count). The van der Waals surface area contributed by atoms with Gasteiger partial charge in [0.25, 0.3) is 0 Å². The molecule has 0 saturated carbocycles. The summed E-state index contributed by atoms with van der Waals surface area (Å²) in [5.74, 6) is -0.0612. The molecule has 1 aromatic rings. The lowest BCUT2D eigenvalue weighted by molar-refractivity contribution is -0.396. The highest BCUT2D eigenvalue weighted by Gasteiger charge is 2.12. The van der Waals surface area contributed by atoms with E-state index in [-0.39, 0.29) is 5.95 Å². The Hall–Kier alpha value is -1.43. The fourth-order valence-electron chi connectivity index (χ4n) is 2.28. The first-order valence-corrected chi connectivity index (χ1v) is 7.52. The van der Waals surface area contributed by atoms with Gasteiger partial charge in [0.2, 0.25) is 0 Å². The summed E-state index contributed by atoms with van der Waals surface area (Å²) in [5, 5.41) is 19.3. The van der Waals surface area contributed by atoms with Gasteiger partial charge in [-0.1, -0.05) is 49.9 Å². The number of aryl methyl sites for hydroxylation is 1. The van der Waals surface area contributed by atoms with Gasteiger partial charge in [0, 0.05) is 6.61 Å². The Labute approximate surface area is 120 Å². The number of nitrogens with zero attached hydrogens (tertiary/aromatic N) is 3. The van der Waals surface area contributed by atoms with Gasteiger partial charge >= 0.3 is 5.95 Å². The SMILES string of the molecule is O=[N+]([O-])c1nccn1CCCCCCCCCCCO. The van der Waals surface area contributed by atoms with Crippen LogP contribution in [0.1, 0.15) is 57.8 Å².